The first-order valence-corrected chi connectivity index (χ1v) is 5.63. The number of aryl methyl sites for hydroxylation is 1. The maximum absolute atomic E-state index is 11.9. The molecule has 1 N–H and O–H groups in total. The second-order valence-corrected chi connectivity index (χ2v) is 3.63. The van der Waals surface area contributed by atoms with Crippen molar-refractivity contribution in [2.75, 3.05) is 12.4 Å². The lowest BCUT2D eigenvalue weighted by atomic mass is 10.3. The van der Waals surface area contributed by atoms with Gasteiger partial charge >= 0.3 is 0 Å². The highest BCUT2D eigenvalue weighted by atomic mass is 16.5. The minimum Gasteiger partial charge on any atom is -0.480 e. The number of carbonyl (C=O) groups is 1. The Labute approximate surface area is 105 Å². The molecule has 2 aromatic heterocycles. The summed E-state index contributed by atoms with van der Waals surface area (Å²) < 4.78 is 10.4. The first-order chi connectivity index (χ1) is 8.74. The molecule has 0 aromatic carbocycles. The number of pyridine rings is 1. The van der Waals surface area contributed by atoms with Crippen LogP contribution >= 0.6 is 0 Å². The van der Waals surface area contributed by atoms with Crippen LogP contribution < -0.4 is 10.1 Å². The van der Waals surface area contributed by atoms with Gasteiger partial charge in [0.2, 0.25) is 5.88 Å². The lowest BCUT2D eigenvalue weighted by Gasteiger charge is -2.07. The smallest absolute Gasteiger partial charge is 0.291 e. The number of anilines is 1. The van der Waals surface area contributed by atoms with Crippen LogP contribution in [0.15, 0.2) is 34.9 Å². The van der Waals surface area contributed by atoms with E-state index in [9.17, 15) is 4.79 Å². The van der Waals surface area contributed by atoms with E-state index in [2.05, 4.69) is 10.3 Å². The van der Waals surface area contributed by atoms with E-state index in [4.69, 9.17) is 9.15 Å². The molecule has 5 nitrogen and oxygen atoms in total. The molecule has 0 aliphatic rings. The third-order valence-corrected chi connectivity index (χ3v) is 2.45. The molecule has 1 amide bonds. The highest BCUT2D eigenvalue weighted by Gasteiger charge is 2.13. The molecule has 2 aromatic rings. The van der Waals surface area contributed by atoms with E-state index in [0.717, 1.165) is 12.2 Å². The molecular formula is C13H14N2O3. The Kier molecular flexibility index (Phi) is 3.62. The van der Waals surface area contributed by atoms with Crippen molar-refractivity contribution in [2.45, 2.75) is 13.3 Å². The number of rotatable bonds is 4. The Hall–Kier alpha value is -2.30. The summed E-state index contributed by atoms with van der Waals surface area (Å²) in [6.07, 6.45) is 2.35. The molecule has 0 bridgehead atoms. The van der Waals surface area contributed by atoms with Crippen molar-refractivity contribution in [2.24, 2.45) is 0 Å². The number of hydrogen-bond donors (Lipinski definition) is 1. The van der Waals surface area contributed by atoms with Crippen molar-refractivity contribution in [3.63, 3.8) is 0 Å². The number of carbonyl (C=O) groups excluding carboxylic acids is 1. The van der Waals surface area contributed by atoms with E-state index in [1.807, 2.05) is 6.92 Å². The van der Waals surface area contributed by atoms with Crippen LogP contribution in [0.25, 0.3) is 0 Å². The van der Waals surface area contributed by atoms with E-state index < -0.39 is 0 Å². The van der Waals surface area contributed by atoms with Crippen LogP contribution in [0, 0.1) is 0 Å². The standard InChI is InChI=1S/C13H14N2O3/c1-3-9-6-7-11(18-9)12(16)15-10-5-4-8-14-13(10)17-2/h4-8H,3H2,1-2H3,(H,15,16). The van der Waals surface area contributed by atoms with Crippen molar-refractivity contribution in [1.82, 2.24) is 4.98 Å². The summed E-state index contributed by atoms with van der Waals surface area (Å²) in [5, 5.41) is 2.69. The van der Waals surface area contributed by atoms with Gasteiger partial charge < -0.3 is 14.5 Å². The van der Waals surface area contributed by atoms with Crippen LogP contribution in [0.1, 0.15) is 23.2 Å². The van der Waals surface area contributed by atoms with Crippen LogP contribution in [0.4, 0.5) is 5.69 Å². The molecule has 5 heteroatoms. The quantitative estimate of drug-likeness (QED) is 0.900. The van der Waals surface area contributed by atoms with Gasteiger partial charge in [-0.25, -0.2) is 4.98 Å². The molecule has 0 fully saturated rings. The molecule has 0 aliphatic heterocycles. The molecule has 0 unspecified atom stereocenters. The highest BCUT2D eigenvalue weighted by molar-refractivity contribution is 6.02. The number of aromatic nitrogens is 1. The fourth-order valence-corrected chi connectivity index (χ4v) is 1.52. The SMILES string of the molecule is CCc1ccc(C(=O)Nc2cccnc2OC)o1. The molecular weight excluding hydrogens is 232 g/mol. The highest BCUT2D eigenvalue weighted by Crippen LogP contribution is 2.21. The van der Waals surface area contributed by atoms with Crippen molar-refractivity contribution in [1.29, 1.82) is 0 Å². The predicted octanol–water partition coefficient (Wildman–Crippen LogP) is 2.50. The maximum Gasteiger partial charge on any atom is 0.291 e. The zero-order chi connectivity index (χ0) is 13.0. The predicted molar refractivity (Wildman–Crippen MR) is 66.8 cm³/mol. The van der Waals surface area contributed by atoms with E-state index >= 15 is 0 Å². The molecule has 2 rings (SSSR count). The molecule has 94 valence electrons. The third kappa shape index (κ3) is 2.51. The zero-order valence-corrected chi connectivity index (χ0v) is 10.3. The summed E-state index contributed by atoms with van der Waals surface area (Å²) in [5.74, 6) is 1.10. The van der Waals surface area contributed by atoms with Crippen LogP contribution in [0.3, 0.4) is 0 Å². The first-order valence-electron chi connectivity index (χ1n) is 5.63. The van der Waals surface area contributed by atoms with Gasteiger partial charge in [0.15, 0.2) is 5.76 Å². The van der Waals surface area contributed by atoms with Crippen LogP contribution in [-0.2, 0) is 6.42 Å². The summed E-state index contributed by atoms with van der Waals surface area (Å²) >= 11 is 0. The van der Waals surface area contributed by atoms with Crippen LogP contribution in [-0.4, -0.2) is 18.0 Å². The molecule has 0 saturated heterocycles. The topological polar surface area (TPSA) is 64.4 Å². The lowest BCUT2D eigenvalue weighted by Crippen LogP contribution is -2.12. The minimum atomic E-state index is -0.319. The minimum absolute atomic E-state index is 0.276. The Balaban J connectivity index is 2.16. The van der Waals surface area contributed by atoms with Gasteiger partial charge in [0.05, 0.1) is 7.11 Å². The van der Waals surface area contributed by atoms with Gasteiger partial charge in [0.25, 0.3) is 5.91 Å². The molecule has 0 aliphatic carbocycles. The number of hydrogen-bond acceptors (Lipinski definition) is 4. The second kappa shape index (κ2) is 5.35. The Morgan fingerprint density at radius 3 is 2.94 bits per heavy atom. The Morgan fingerprint density at radius 2 is 2.28 bits per heavy atom. The number of furan rings is 1. The number of nitrogens with one attached hydrogen (secondary N) is 1. The van der Waals surface area contributed by atoms with Crippen molar-refractivity contribution >= 4 is 11.6 Å². The summed E-state index contributed by atoms with van der Waals surface area (Å²) in [4.78, 5) is 15.9. The number of methoxy groups -OCH3 is 1. The fourth-order valence-electron chi connectivity index (χ4n) is 1.52. The van der Waals surface area contributed by atoms with Crippen molar-refractivity contribution in [3.05, 3.63) is 42.0 Å². The summed E-state index contributed by atoms with van der Waals surface area (Å²) in [7, 11) is 1.50. The monoisotopic (exact) mass is 246 g/mol. The number of amides is 1. The molecule has 0 saturated carbocycles. The van der Waals surface area contributed by atoms with E-state index in [-0.39, 0.29) is 11.7 Å². The largest absolute Gasteiger partial charge is 0.480 e. The molecule has 18 heavy (non-hydrogen) atoms. The van der Waals surface area contributed by atoms with Crippen molar-refractivity contribution in [3.8, 4) is 5.88 Å². The van der Waals surface area contributed by atoms with Gasteiger partial charge in [0, 0.05) is 12.6 Å². The first kappa shape index (κ1) is 12.2. The summed E-state index contributed by atoms with van der Waals surface area (Å²) in [6.45, 7) is 1.96. The summed E-state index contributed by atoms with van der Waals surface area (Å²) in [6, 6.07) is 6.87. The normalized spacial score (nSPS) is 10.1. The number of nitrogens with zero attached hydrogens (tertiary/aromatic N) is 1. The molecule has 0 atom stereocenters. The molecule has 0 radical (unpaired) electrons. The second-order valence-electron chi connectivity index (χ2n) is 3.63. The van der Waals surface area contributed by atoms with Gasteiger partial charge in [-0.3, -0.25) is 4.79 Å². The Bertz CT molecular complexity index is 549. The third-order valence-electron chi connectivity index (χ3n) is 2.45. The van der Waals surface area contributed by atoms with E-state index in [0.29, 0.717) is 11.6 Å². The van der Waals surface area contributed by atoms with Crippen LogP contribution in [0.5, 0.6) is 5.88 Å². The van der Waals surface area contributed by atoms with Gasteiger partial charge in [-0.1, -0.05) is 6.92 Å². The van der Waals surface area contributed by atoms with Gasteiger partial charge in [-0.2, -0.15) is 0 Å². The zero-order valence-electron chi connectivity index (χ0n) is 10.3. The maximum atomic E-state index is 11.9. The molecule has 0 spiro atoms. The summed E-state index contributed by atoms with van der Waals surface area (Å²) in [5.41, 5.74) is 0.513. The van der Waals surface area contributed by atoms with E-state index in [1.165, 1.54) is 7.11 Å². The van der Waals surface area contributed by atoms with Crippen LogP contribution in [0.2, 0.25) is 0 Å². The van der Waals surface area contributed by atoms with Gasteiger partial charge in [0.1, 0.15) is 11.4 Å². The fraction of sp³-hybridized carbons (Fsp3) is 0.231. The molecule has 2 heterocycles. The van der Waals surface area contributed by atoms with Gasteiger partial charge in [-0.05, 0) is 24.3 Å². The van der Waals surface area contributed by atoms with E-state index in [1.54, 1.807) is 30.5 Å². The van der Waals surface area contributed by atoms with Crippen molar-refractivity contribution < 1.29 is 13.9 Å². The average molecular weight is 246 g/mol. The van der Waals surface area contributed by atoms with Gasteiger partial charge in [-0.15, -0.1) is 0 Å². The number of ether oxygens (including phenoxy) is 1. The average Bonchev–Trinajstić information content (AvgIpc) is 2.88. The Morgan fingerprint density at radius 1 is 1.44 bits per heavy atom. The lowest BCUT2D eigenvalue weighted by molar-refractivity contribution is 0.0994.